The molecule has 0 spiro atoms. The fourth-order valence-electron chi connectivity index (χ4n) is 1.57. The van der Waals surface area contributed by atoms with Crippen molar-refractivity contribution in [3.8, 4) is 0 Å². The van der Waals surface area contributed by atoms with Gasteiger partial charge in [-0.05, 0) is 18.4 Å². The Morgan fingerprint density at radius 2 is 1.59 bits per heavy atom. The number of hydrogen-bond donors (Lipinski definition) is 0. The molecule has 3 heteroatoms. The van der Waals surface area contributed by atoms with E-state index in [2.05, 4.69) is 18.6 Å². The Labute approximate surface area is 102 Å². The van der Waals surface area contributed by atoms with Crippen molar-refractivity contribution < 1.29 is 14.3 Å². The average Bonchev–Trinajstić information content (AvgIpc) is 2.36. The number of rotatable bonds is 4. The van der Waals surface area contributed by atoms with Gasteiger partial charge in [0.1, 0.15) is 5.92 Å². The third-order valence-electron chi connectivity index (χ3n) is 2.81. The zero-order valence-corrected chi connectivity index (χ0v) is 10.7. The second kappa shape index (κ2) is 5.62. The number of esters is 1. The summed E-state index contributed by atoms with van der Waals surface area (Å²) in [7, 11) is 1.29. The van der Waals surface area contributed by atoms with Gasteiger partial charge in [-0.15, -0.1) is 0 Å². The van der Waals surface area contributed by atoms with Crippen molar-refractivity contribution in [3.63, 3.8) is 0 Å². The predicted octanol–water partition coefficient (Wildman–Crippen LogP) is 2.80. The standard InChI is InChI=1S/C14H18O3/c1-9(2)11-5-7-12(8-6-11)13(15)10(3)14(16)17-4/h5-10H,1-4H3. The highest BCUT2D eigenvalue weighted by Gasteiger charge is 2.23. The van der Waals surface area contributed by atoms with Gasteiger partial charge in [0.15, 0.2) is 5.78 Å². The van der Waals surface area contributed by atoms with Crippen molar-refractivity contribution in [1.29, 1.82) is 0 Å². The highest BCUT2D eigenvalue weighted by Crippen LogP contribution is 2.17. The van der Waals surface area contributed by atoms with E-state index in [0.717, 1.165) is 0 Å². The van der Waals surface area contributed by atoms with Gasteiger partial charge >= 0.3 is 5.97 Å². The van der Waals surface area contributed by atoms with Gasteiger partial charge in [0.05, 0.1) is 7.11 Å². The van der Waals surface area contributed by atoms with E-state index in [0.29, 0.717) is 11.5 Å². The minimum atomic E-state index is -0.745. The SMILES string of the molecule is COC(=O)C(C)C(=O)c1ccc(C(C)C)cc1. The van der Waals surface area contributed by atoms with E-state index in [-0.39, 0.29) is 5.78 Å². The maximum atomic E-state index is 11.9. The molecular weight excluding hydrogens is 216 g/mol. The van der Waals surface area contributed by atoms with E-state index in [9.17, 15) is 9.59 Å². The maximum absolute atomic E-state index is 11.9. The molecule has 0 bridgehead atoms. The van der Waals surface area contributed by atoms with Crippen LogP contribution in [0.15, 0.2) is 24.3 Å². The van der Waals surface area contributed by atoms with Gasteiger partial charge in [0.2, 0.25) is 0 Å². The molecule has 0 aromatic heterocycles. The first-order valence-corrected chi connectivity index (χ1v) is 5.69. The molecule has 1 aromatic carbocycles. The smallest absolute Gasteiger partial charge is 0.316 e. The molecule has 0 N–H and O–H groups in total. The third kappa shape index (κ3) is 3.16. The minimum absolute atomic E-state index is 0.202. The second-order valence-corrected chi connectivity index (χ2v) is 4.39. The normalized spacial score (nSPS) is 12.3. The Bertz CT molecular complexity index is 404. The van der Waals surface area contributed by atoms with Gasteiger partial charge in [-0.1, -0.05) is 38.1 Å². The van der Waals surface area contributed by atoms with Crippen molar-refractivity contribution in [3.05, 3.63) is 35.4 Å². The molecule has 1 aromatic rings. The first-order valence-electron chi connectivity index (χ1n) is 5.69. The summed E-state index contributed by atoms with van der Waals surface area (Å²) in [5.74, 6) is -1.02. The average molecular weight is 234 g/mol. The monoisotopic (exact) mass is 234 g/mol. The zero-order chi connectivity index (χ0) is 13.0. The van der Waals surface area contributed by atoms with Crippen LogP contribution in [0.4, 0.5) is 0 Å². The molecule has 17 heavy (non-hydrogen) atoms. The first kappa shape index (κ1) is 13.4. The van der Waals surface area contributed by atoms with Crippen molar-refractivity contribution in [2.45, 2.75) is 26.7 Å². The second-order valence-electron chi connectivity index (χ2n) is 4.39. The van der Waals surface area contributed by atoms with E-state index in [1.165, 1.54) is 12.7 Å². The lowest BCUT2D eigenvalue weighted by Crippen LogP contribution is -2.22. The van der Waals surface area contributed by atoms with E-state index >= 15 is 0 Å². The van der Waals surface area contributed by atoms with Gasteiger partial charge in [-0.3, -0.25) is 9.59 Å². The van der Waals surface area contributed by atoms with Crippen LogP contribution in [0.5, 0.6) is 0 Å². The fourth-order valence-corrected chi connectivity index (χ4v) is 1.57. The minimum Gasteiger partial charge on any atom is -0.468 e. The third-order valence-corrected chi connectivity index (χ3v) is 2.81. The van der Waals surface area contributed by atoms with Gasteiger partial charge < -0.3 is 4.74 Å². The van der Waals surface area contributed by atoms with Crippen LogP contribution in [0, 0.1) is 5.92 Å². The predicted molar refractivity (Wildman–Crippen MR) is 66.0 cm³/mol. The van der Waals surface area contributed by atoms with Crippen LogP contribution in [-0.4, -0.2) is 18.9 Å². The lowest BCUT2D eigenvalue weighted by Gasteiger charge is -2.09. The number of methoxy groups -OCH3 is 1. The van der Waals surface area contributed by atoms with Crippen molar-refractivity contribution in [2.24, 2.45) is 5.92 Å². The number of carbonyl (C=O) groups excluding carboxylic acids is 2. The Kier molecular flexibility index (Phi) is 4.44. The van der Waals surface area contributed by atoms with Crippen molar-refractivity contribution in [2.75, 3.05) is 7.11 Å². The number of ether oxygens (including phenoxy) is 1. The highest BCUT2D eigenvalue weighted by molar-refractivity contribution is 6.08. The molecule has 0 aliphatic carbocycles. The lowest BCUT2D eigenvalue weighted by molar-refractivity contribution is -0.143. The largest absolute Gasteiger partial charge is 0.468 e. The summed E-state index contributed by atoms with van der Waals surface area (Å²) in [6, 6.07) is 7.36. The molecule has 0 aliphatic heterocycles. The Hall–Kier alpha value is -1.64. The Morgan fingerprint density at radius 3 is 2.00 bits per heavy atom. The number of ketones is 1. The van der Waals surface area contributed by atoms with E-state index in [4.69, 9.17) is 0 Å². The van der Waals surface area contributed by atoms with Gasteiger partial charge in [-0.25, -0.2) is 0 Å². The Morgan fingerprint density at radius 1 is 1.06 bits per heavy atom. The van der Waals surface area contributed by atoms with Crippen molar-refractivity contribution >= 4 is 11.8 Å². The van der Waals surface area contributed by atoms with Crippen molar-refractivity contribution in [1.82, 2.24) is 0 Å². The summed E-state index contributed by atoms with van der Waals surface area (Å²) in [4.78, 5) is 23.2. The van der Waals surface area contributed by atoms with Crippen LogP contribution in [0.3, 0.4) is 0 Å². The van der Waals surface area contributed by atoms with E-state index in [1.54, 1.807) is 19.1 Å². The summed E-state index contributed by atoms with van der Waals surface area (Å²) in [5, 5.41) is 0. The summed E-state index contributed by atoms with van der Waals surface area (Å²) >= 11 is 0. The summed E-state index contributed by atoms with van der Waals surface area (Å²) in [5.41, 5.74) is 1.72. The quantitative estimate of drug-likeness (QED) is 0.457. The summed E-state index contributed by atoms with van der Waals surface area (Å²) < 4.78 is 4.56. The van der Waals surface area contributed by atoms with Gasteiger partial charge in [-0.2, -0.15) is 0 Å². The fraction of sp³-hybridized carbons (Fsp3) is 0.429. The lowest BCUT2D eigenvalue weighted by atomic mass is 9.96. The topological polar surface area (TPSA) is 43.4 Å². The molecule has 1 rings (SSSR count). The number of Topliss-reactive ketones (excluding diaryl/α,β-unsaturated/α-hetero) is 1. The molecule has 0 heterocycles. The highest BCUT2D eigenvalue weighted by atomic mass is 16.5. The van der Waals surface area contributed by atoms with Crippen LogP contribution in [0.25, 0.3) is 0 Å². The molecular formula is C14H18O3. The molecule has 0 amide bonds. The van der Waals surface area contributed by atoms with Crippen LogP contribution in [-0.2, 0) is 9.53 Å². The molecule has 3 nitrogen and oxygen atoms in total. The number of carbonyl (C=O) groups is 2. The molecule has 0 saturated heterocycles. The number of benzene rings is 1. The molecule has 0 aliphatic rings. The zero-order valence-electron chi connectivity index (χ0n) is 10.7. The van der Waals surface area contributed by atoms with Crippen LogP contribution in [0.2, 0.25) is 0 Å². The molecule has 92 valence electrons. The van der Waals surface area contributed by atoms with Gasteiger partial charge in [0.25, 0.3) is 0 Å². The Balaban J connectivity index is 2.86. The molecule has 1 atom stereocenters. The number of hydrogen-bond acceptors (Lipinski definition) is 3. The molecule has 0 fully saturated rings. The summed E-state index contributed by atoms with van der Waals surface area (Å²) in [6.45, 7) is 5.74. The first-order chi connectivity index (χ1) is 7.97. The summed E-state index contributed by atoms with van der Waals surface area (Å²) in [6.07, 6.45) is 0. The van der Waals surface area contributed by atoms with Crippen LogP contribution in [0.1, 0.15) is 42.6 Å². The van der Waals surface area contributed by atoms with Crippen LogP contribution < -0.4 is 0 Å². The maximum Gasteiger partial charge on any atom is 0.316 e. The van der Waals surface area contributed by atoms with E-state index < -0.39 is 11.9 Å². The van der Waals surface area contributed by atoms with E-state index in [1.807, 2.05) is 12.1 Å². The molecule has 1 unspecified atom stereocenters. The van der Waals surface area contributed by atoms with Gasteiger partial charge in [0, 0.05) is 5.56 Å². The molecule has 0 saturated carbocycles. The van der Waals surface area contributed by atoms with Crippen LogP contribution >= 0.6 is 0 Å². The molecule has 0 radical (unpaired) electrons.